The van der Waals surface area contributed by atoms with E-state index in [0.29, 0.717) is 16.6 Å². The van der Waals surface area contributed by atoms with Crippen molar-refractivity contribution in [2.45, 2.75) is 6.54 Å². The van der Waals surface area contributed by atoms with Gasteiger partial charge in [0.25, 0.3) is 0 Å². The Morgan fingerprint density at radius 2 is 2.00 bits per heavy atom. The zero-order chi connectivity index (χ0) is 11.7. The fraction of sp³-hybridized carbons (Fsp3) is 0.182. The van der Waals surface area contributed by atoms with Crippen molar-refractivity contribution in [1.29, 1.82) is 0 Å². The Hall–Kier alpha value is -1.03. The van der Waals surface area contributed by atoms with Crippen LogP contribution in [0.15, 0.2) is 24.3 Å². The zero-order valence-corrected chi connectivity index (χ0v) is 10.3. The summed E-state index contributed by atoms with van der Waals surface area (Å²) in [5.74, 6) is 0. The highest BCUT2D eigenvalue weighted by Crippen LogP contribution is 2.28. The summed E-state index contributed by atoms with van der Waals surface area (Å²) in [6.07, 6.45) is 0. The third-order valence-electron chi connectivity index (χ3n) is 2.35. The Balaban J connectivity index is 2.49. The van der Waals surface area contributed by atoms with Gasteiger partial charge < -0.3 is 5.73 Å². The summed E-state index contributed by atoms with van der Waals surface area (Å²) in [7, 11) is 1.87. The van der Waals surface area contributed by atoms with E-state index in [2.05, 4.69) is 5.10 Å². The standard InChI is InChI=1S/C11H11Cl2N3/c1-16-11(5-8(6-14)15-16)7-2-3-9(12)10(13)4-7/h2-5H,6,14H2,1H3. The molecule has 0 saturated carbocycles. The molecule has 0 fully saturated rings. The first-order chi connectivity index (χ1) is 7.61. The highest BCUT2D eigenvalue weighted by atomic mass is 35.5. The van der Waals surface area contributed by atoms with Gasteiger partial charge in [-0.3, -0.25) is 4.68 Å². The Labute approximate surface area is 104 Å². The van der Waals surface area contributed by atoms with Crippen LogP contribution in [0, 0.1) is 0 Å². The molecular weight excluding hydrogens is 245 g/mol. The normalized spacial score (nSPS) is 10.8. The van der Waals surface area contributed by atoms with Gasteiger partial charge in [-0.25, -0.2) is 0 Å². The molecule has 84 valence electrons. The molecule has 0 bridgehead atoms. The molecule has 2 N–H and O–H groups in total. The Morgan fingerprint density at radius 1 is 1.25 bits per heavy atom. The average Bonchev–Trinajstić information content (AvgIpc) is 2.64. The number of rotatable bonds is 2. The number of halogens is 2. The van der Waals surface area contributed by atoms with Crippen LogP contribution in [0.3, 0.4) is 0 Å². The molecule has 0 radical (unpaired) electrons. The van der Waals surface area contributed by atoms with E-state index in [1.54, 1.807) is 10.7 Å². The molecular formula is C11H11Cl2N3. The second-order valence-corrected chi connectivity index (χ2v) is 4.29. The van der Waals surface area contributed by atoms with Gasteiger partial charge in [-0.1, -0.05) is 29.3 Å². The molecule has 2 aromatic rings. The van der Waals surface area contributed by atoms with Crippen molar-refractivity contribution < 1.29 is 0 Å². The Bertz CT molecular complexity index is 520. The van der Waals surface area contributed by atoms with Crippen LogP contribution < -0.4 is 5.73 Å². The van der Waals surface area contributed by atoms with Crippen LogP contribution in [0.25, 0.3) is 11.3 Å². The molecule has 0 unspecified atom stereocenters. The largest absolute Gasteiger partial charge is 0.325 e. The highest BCUT2D eigenvalue weighted by molar-refractivity contribution is 6.42. The summed E-state index contributed by atoms with van der Waals surface area (Å²) in [6.45, 7) is 0.426. The second-order valence-electron chi connectivity index (χ2n) is 3.48. The minimum Gasteiger partial charge on any atom is -0.325 e. The topological polar surface area (TPSA) is 43.8 Å². The van der Waals surface area contributed by atoms with Gasteiger partial charge in [0.2, 0.25) is 0 Å². The minimum atomic E-state index is 0.426. The van der Waals surface area contributed by atoms with Crippen LogP contribution >= 0.6 is 23.2 Å². The molecule has 1 aromatic carbocycles. The summed E-state index contributed by atoms with van der Waals surface area (Å²) in [6, 6.07) is 7.45. The molecule has 0 amide bonds. The highest BCUT2D eigenvalue weighted by Gasteiger charge is 2.08. The number of aromatic nitrogens is 2. The van der Waals surface area contributed by atoms with Gasteiger partial charge in [0.15, 0.2) is 0 Å². The van der Waals surface area contributed by atoms with Crippen LogP contribution in [0.4, 0.5) is 0 Å². The number of aryl methyl sites for hydroxylation is 1. The van der Waals surface area contributed by atoms with Gasteiger partial charge in [-0.2, -0.15) is 5.10 Å². The molecule has 2 rings (SSSR count). The van der Waals surface area contributed by atoms with E-state index in [-0.39, 0.29) is 0 Å². The predicted molar refractivity (Wildman–Crippen MR) is 66.6 cm³/mol. The second kappa shape index (κ2) is 4.45. The maximum Gasteiger partial charge on any atom is 0.0766 e. The lowest BCUT2D eigenvalue weighted by Crippen LogP contribution is -1.98. The lowest BCUT2D eigenvalue weighted by atomic mass is 10.1. The van der Waals surface area contributed by atoms with Crippen LogP contribution in [0.5, 0.6) is 0 Å². The molecule has 0 saturated heterocycles. The molecule has 3 nitrogen and oxygen atoms in total. The van der Waals surface area contributed by atoms with E-state index < -0.39 is 0 Å². The molecule has 0 aliphatic heterocycles. The van der Waals surface area contributed by atoms with Gasteiger partial charge in [0, 0.05) is 19.2 Å². The lowest BCUT2D eigenvalue weighted by molar-refractivity contribution is 0.749. The van der Waals surface area contributed by atoms with E-state index in [0.717, 1.165) is 17.0 Å². The minimum absolute atomic E-state index is 0.426. The van der Waals surface area contributed by atoms with Crippen molar-refractivity contribution in [2.75, 3.05) is 0 Å². The number of nitrogens with zero attached hydrogens (tertiary/aromatic N) is 2. The molecule has 0 aliphatic carbocycles. The van der Waals surface area contributed by atoms with Crippen LogP contribution in [0.2, 0.25) is 10.0 Å². The maximum atomic E-state index is 5.97. The average molecular weight is 256 g/mol. The van der Waals surface area contributed by atoms with Crippen molar-refractivity contribution in [2.24, 2.45) is 12.8 Å². The van der Waals surface area contributed by atoms with Crippen LogP contribution in [-0.2, 0) is 13.6 Å². The first kappa shape index (κ1) is 11.5. The van der Waals surface area contributed by atoms with Crippen LogP contribution in [0.1, 0.15) is 5.69 Å². The zero-order valence-electron chi connectivity index (χ0n) is 8.74. The molecule has 0 spiro atoms. The van der Waals surface area contributed by atoms with E-state index in [4.69, 9.17) is 28.9 Å². The van der Waals surface area contributed by atoms with Crippen molar-refractivity contribution in [3.05, 3.63) is 40.0 Å². The van der Waals surface area contributed by atoms with E-state index in [9.17, 15) is 0 Å². The Kier molecular flexibility index (Phi) is 3.19. The van der Waals surface area contributed by atoms with E-state index in [1.165, 1.54) is 0 Å². The first-order valence-corrected chi connectivity index (χ1v) is 5.56. The number of nitrogens with two attached hydrogens (primary N) is 1. The fourth-order valence-electron chi connectivity index (χ4n) is 1.55. The summed E-state index contributed by atoms with van der Waals surface area (Å²) < 4.78 is 1.78. The summed E-state index contributed by atoms with van der Waals surface area (Å²) in [5.41, 5.74) is 8.34. The van der Waals surface area contributed by atoms with Crippen LogP contribution in [-0.4, -0.2) is 9.78 Å². The van der Waals surface area contributed by atoms with Gasteiger partial charge >= 0.3 is 0 Å². The monoisotopic (exact) mass is 255 g/mol. The van der Waals surface area contributed by atoms with Gasteiger partial charge in [-0.15, -0.1) is 0 Å². The van der Waals surface area contributed by atoms with Gasteiger partial charge in [0.05, 0.1) is 21.4 Å². The lowest BCUT2D eigenvalue weighted by Gasteiger charge is -2.03. The van der Waals surface area contributed by atoms with E-state index >= 15 is 0 Å². The number of hydrogen-bond donors (Lipinski definition) is 1. The van der Waals surface area contributed by atoms with Crippen molar-refractivity contribution >= 4 is 23.2 Å². The van der Waals surface area contributed by atoms with Crippen molar-refractivity contribution in [3.8, 4) is 11.3 Å². The molecule has 0 aliphatic rings. The predicted octanol–water partition coefficient (Wildman–Crippen LogP) is 2.85. The van der Waals surface area contributed by atoms with E-state index in [1.807, 2.05) is 25.2 Å². The number of hydrogen-bond acceptors (Lipinski definition) is 2. The summed E-state index contributed by atoms with van der Waals surface area (Å²) in [5, 5.41) is 5.36. The SMILES string of the molecule is Cn1nc(CN)cc1-c1ccc(Cl)c(Cl)c1. The number of benzene rings is 1. The van der Waals surface area contributed by atoms with Gasteiger partial charge in [0.1, 0.15) is 0 Å². The fourth-order valence-corrected chi connectivity index (χ4v) is 1.85. The Morgan fingerprint density at radius 3 is 2.56 bits per heavy atom. The maximum absolute atomic E-state index is 5.97. The smallest absolute Gasteiger partial charge is 0.0766 e. The quantitative estimate of drug-likeness (QED) is 0.897. The van der Waals surface area contributed by atoms with Crippen molar-refractivity contribution in [1.82, 2.24) is 9.78 Å². The molecule has 16 heavy (non-hydrogen) atoms. The summed E-state index contributed by atoms with van der Waals surface area (Å²) in [4.78, 5) is 0. The molecule has 0 atom stereocenters. The first-order valence-electron chi connectivity index (χ1n) is 4.80. The van der Waals surface area contributed by atoms with Crippen molar-refractivity contribution in [3.63, 3.8) is 0 Å². The molecule has 1 aromatic heterocycles. The third-order valence-corrected chi connectivity index (χ3v) is 3.09. The third kappa shape index (κ3) is 2.07. The molecule has 1 heterocycles. The molecule has 5 heteroatoms. The summed E-state index contributed by atoms with van der Waals surface area (Å²) >= 11 is 11.8. The van der Waals surface area contributed by atoms with Gasteiger partial charge in [-0.05, 0) is 18.2 Å².